The van der Waals surface area contributed by atoms with E-state index in [1.165, 1.54) is 24.5 Å². The number of carbonyl (C=O) groups excluding carboxylic acids is 1. The summed E-state index contributed by atoms with van der Waals surface area (Å²) < 4.78 is 5.85. The minimum atomic E-state index is -0.149. The summed E-state index contributed by atoms with van der Waals surface area (Å²) in [5, 5.41) is 10.7. The molecule has 2 fully saturated rings. The lowest BCUT2D eigenvalue weighted by Crippen LogP contribution is -2.46. The molecule has 0 spiro atoms. The Labute approximate surface area is 158 Å². The molecular formula is C21H27BrO3. The van der Waals surface area contributed by atoms with Crippen molar-refractivity contribution in [3.8, 4) is 5.75 Å². The average molecular weight is 407 g/mol. The Morgan fingerprint density at radius 2 is 2.20 bits per heavy atom. The number of aryl methyl sites for hydroxylation is 1. The molecule has 0 radical (unpaired) electrons. The molecule has 3 aliphatic rings. The van der Waals surface area contributed by atoms with Crippen LogP contribution in [0.2, 0.25) is 0 Å². The van der Waals surface area contributed by atoms with Crippen LogP contribution < -0.4 is 0 Å². The Morgan fingerprint density at radius 1 is 1.40 bits per heavy atom. The van der Waals surface area contributed by atoms with Crippen molar-refractivity contribution in [2.24, 2.45) is 23.2 Å². The molecule has 136 valence electrons. The van der Waals surface area contributed by atoms with Crippen LogP contribution in [0.5, 0.6) is 5.75 Å². The molecule has 0 aromatic heterocycles. The van der Waals surface area contributed by atoms with Gasteiger partial charge in [-0.25, -0.2) is 0 Å². The average Bonchev–Trinajstić information content (AvgIpc) is 2.86. The third kappa shape index (κ3) is 2.72. The first-order valence-corrected chi connectivity index (χ1v) is 10.6. The maximum absolute atomic E-state index is 11.7. The van der Waals surface area contributed by atoms with Gasteiger partial charge in [0.25, 0.3) is 0 Å². The number of hydrogen-bond donors (Lipinski definition) is 1. The molecule has 25 heavy (non-hydrogen) atoms. The van der Waals surface area contributed by atoms with E-state index in [0.717, 1.165) is 31.0 Å². The van der Waals surface area contributed by atoms with E-state index < -0.39 is 0 Å². The second-order valence-electron chi connectivity index (χ2n) is 8.52. The van der Waals surface area contributed by atoms with Crippen molar-refractivity contribution in [2.75, 3.05) is 5.33 Å². The molecule has 1 aromatic rings. The number of rotatable bonds is 2. The predicted molar refractivity (Wildman–Crippen MR) is 101 cm³/mol. The van der Waals surface area contributed by atoms with E-state index in [1.807, 2.05) is 12.1 Å². The van der Waals surface area contributed by atoms with Gasteiger partial charge in [-0.05, 0) is 73.1 Å². The van der Waals surface area contributed by atoms with Crippen molar-refractivity contribution in [2.45, 2.75) is 58.0 Å². The molecular weight excluding hydrogens is 380 g/mol. The molecule has 3 aliphatic carbocycles. The minimum absolute atomic E-state index is 0.0385. The summed E-state index contributed by atoms with van der Waals surface area (Å²) in [6.45, 7) is 3.90. The van der Waals surface area contributed by atoms with E-state index >= 15 is 0 Å². The molecule has 1 N–H and O–H groups in total. The van der Waals surface area contributed by atoms with E-state index in [-0.39, 0.29) is 17.5 Å². The Balaban J connectivity index is 1.67. The lowest BCUT2D eigenvalue weighted by atomic mass is 9.55. The van der Waals surface area contributed by atoms with E-state index in [4.69, 9.17) is 4.74 Å². The van der Waals surface area contributed by atoms with Crippen molar-refractivity contribution >= 4 is 21.9 Å². The molecule has 1 aromatic carbocycles. The normalized spacial score (nSPS) is 39.2. The van der Waals surface area contributed by atoms with Crippen LogP contribution in [-0.4, -0.2) is 22.5 Å². The van der Waals surface area contributed by atoms with Crippen LogP contribution in [0.3, 0.4) is 0 Å². The highest BCUT2D eigenvalue weighted by molar-refractivity contribution is 9.09. The van der Waals surface area contributed by atoms with Crippen LogP contribution in [0, 0.1) is 23.2 Å². The fourth-order valence-corrected chi connectivity index (χ4v) is 6.86. The zero-order valence-electron chi connectivity index (χ0n) is 15.0. The third-order valence-electron chi connectivity index (χ3n) is 7.27. The van der Waals surface area contributed by atoms with Crippen molar-refractivity contribution in [3.63, 3.8) is 0 Å². The van der Waals surface area contributed by atoms with Gasteiger partial charge in [-0.15, -0.1) is 0 Å². The number of benzene rings is 1. The standard InChI is InChI=1S/C21H27BrO3/c1-12(23)25-20-14(11-22)10-19-18-5-3-13-9-15(24)4-6-16(13)17(18)7-8-21(19,20)2/h4,6,9,14,17-20,24H,3,5,7-8,10-11H2,1-2H3/t14-,17-,18-,19+,20+,21+/m1/s1. The minimum Gasteiger partial charge on any atom is -0.508 e. The fourth-order valence-electron chi connectivity index (χ4n) is 6.26. The molecule has 3 nitrogen and oxygen atoms in total. The molecule has 0 unspecified atom stereocenters. The molecule has 0 heterocycles. The largest absolute Gasteiger partial charge is 0.508 e. The number of alkyl halides is 1. The van der Waals surface area contributed by atoms with Crippen LogP contribution >= 0.6 is 15.9 Å². The molecule has 2 saturated carbocycles. The Bertz CT molecular complexity index is 688. The van der Waals surface area contributed by atoms with E-state index in [0.29, 0.717) is 29.4 Å². The first-order valence-electron chi connectivity index (χ1n) is 9.49. The molecule has 6 atom stereocenters. The molecule has 4 rings (SSSR count). The smallest absolute Gasteiger partial charge is 0.302 e. The Hall–Kier alpha value is -1.03. The summed E-state index contributed by atoms with van der Waals surface area (Å²) in [6, 6.07) is 5.94. The van der Waals surface area contributed by atoms with Crippen molar-refractivity contribution in [1.29, 1.82) is 0 Å². The van der Waals surface area contributed by atoms with E-state index in [2.05, 4.69) is 28.9 Å². The maximum atomic E-state index is 11.7. The second kappa shape index (κ2) is 6.29. The van der Waals surface area contributed by atoms with Gasteiger partial charge in [-0.1, -0.05) is 28.9 Å². The Kier molecular flexibility index (Phi) is 4.38. The van der Waals surface area contributed by atoms with E-state index in [1.54, 1.807) is 0 Å². The lowest BCUT2D eigenvalue weighted by molar-refractivity contribution is -0.157. The maximum Gasteiger partial charge on any atom is 0.302 e. The first kappa shape index (κ1) is 17.4. The van der Waals surface area contributed by atoms with Crippen molar-refractivity contribution < 1.29 is 14.6 Å². The van der Waals surface area contributed by atoms with Gasteiger partial charge in [0, 0.05) is 23.6 Å². The van der Waals surface area contributed by atoms with Crippen LogP contribution in [0.15, 0.2) is 18.2 Å². The number of carbonyl (C=O) groups is 1. The quantitative estimate of drug-likeness (QED) is 0.566. The van der Waals surface area contributed by atoms with E-state index in [9.17, 15) is 9.90 Å². The monoisotopic (exact) mass is 406 g/mol. The fraction of sp³-hybridized carbons (Fsp3) is 0.667. The van der Waals surface area contributed by atoms with Gasteiger partial charge in [0.1, 0.15) is 11.9 Å². The highest BCUT2D eigenvalue weighted by Crippen LogP contribution is 2.63. The number of phenols is 1. The number of esters is 1. The van der Waals surface area contributed by atoms with Gasteiger partial charge < -0.3 is 9.84 Å². The summed E-state index contributed by atoms with van der Waals surface area (Å²) in [4.78, 5) is 11.7. The van der Waals surface area contributed by atoms with Gasteiger partial charge in [-0.2, -0.15) is 0 Å². The Morgan fingerprint density at radius 3 is 2.92 bits per heavy atom. The highest BCUT2D eigenvalue weighted by atomic mass is 79.9. The van der Waals surface area contributed by atoms with Gasteiger partial charge in [0.05, 0.1) is 0 Å². The topological polar surface area (TPSA) is 46.5 Å². The van der Waals surface area contributed by atoms with Gasteiger partial charge in [0.2, 0.25) is 0 Å². The van der Waals surface area contributed by atoms with Crippen LogP contribution in [0.4, 0.5) is 0 Å². The molecule has 0 aliphatic heterocycles. The predicted octanol–water partition coefficient (Wildman–Crippen LogP) is 4.80. The summed E-state index contributed by atoms with van der Waals surface area (Å²) >= 11 is 3.67. The third-order valence-corrected chi connectivity index (χ3v) is 8.11. The van der Waals surface area contributed by atoms with Gasteiger partial charge in [-0.3, -0.25) is 4.79 Å². The van der Waals surface area contributed by atoms with Crippen LogP contribution in [0.1, 0.15) is 56.6 Å². The summed E-state index contributed by atoms with van der Waals surface area (Å²) in [6.07, 6.45) is 5.69. The zero-order valence-corrected chi connectivity index (χ0v) is 16.6. The summed E-state index contributed by atoms with van der Waals surface area (Å²) in [5.41, 5.74) is 2.87. The van der Waals surface area contributed by atoms with Crippen LogP contribution in [0.25, 0.3) is 0 Å². The number of fused-ring (bicyclic) bond motifs is 5. The second-order valence-corrected chi connectivity index (χ2v) is 9.17. The van der Waals surface area contributed by atoms with Crippen molar-refractivity contribution in [1.82, 2.24) is 0 Å². The first-order chi connectivity index (χ1) is 11.9. The molecule has 0 saturated heterocycles. The molecule has 0 amide bonds. The molecule has 4 heteroatoms. The number of hydrogen-bond acceptors (Lipinski definition) is 3. The summed E-state index contributed by atoms with van der Waals surface area (Å²) in [5.74, 6) is 2.52. The SMILES string of the molecule is CC(=O)O[C@H]1[C@@H](CBr)C[C@H]2[C@@H]3CCc4cc(O)ccc4[C@H]3CC[C@@]21C. The number of halogens is 1. The molecule has 0 bridgehead atoms. The van der Waals surface area contributed by atoms with Crippen LogP contribution in [-0.2, 0) is 16.0 Å². The van der Waals surface area contributed by atoms with Gasteiger partial charge >= 0.3 is 5.97 Å². The number of phenolic OH excluding ortho intramolecular Hbond substituents is 1. The van der Waals surface area contributed by atoms with Crippen molar-refractivity contribution in [3.05, 3.63) is 29.3 Å². The summed E-state index contributed by atoms with van der Waals surface area (Å²) in [7, 11) is 0. The number of aromatic hydroxyl groups is 1. The zero-order chi connectivity index (χ0) is 17.8. The lowest BCUT2D eigenvalue weighted by Gasteiger charge is -2.50. The van der Waals surface area contributed by atoms with Gasteiger partial charge in [0.15, 0.2) is 0 Å². The highest BCUT2D eigenvalue weighted by Gasteiger charge is 2.59. The number of ether oxygens (including phenoxy) is 1.